The summed E-state index contributed by atoms with van der Waals surface area (Å²) < 4.78 is 11.7. The average Bonchev–Trinajstić information content (AvgIpc) is 3.49. The van der Waals surface area contributed by atoms with Crippen LogP contribution in [0.3, 0.4) is 0 Å². The summed E-state index contributed by atoms with van der Waals surface area (Å²) in [5.74, 6) is -3.30. The van der Waals surface area contributed by atoms with E-state index in [9.17, 15) is 9.59 Å². The van der Waals surface area contributed by atoms with Crippen LogP contribution in [0.1, 0.15) is 56.4 Å². The quantitative estimate of drug-likeness (QED) is 0.323. The molecular weight excluding hydrogens is 534 g/mol. The lowest BCUT2D eigenvalue weighted by Crippen LogP contribution is -2.46. The van der Waals surface area contributed by atoms with Crippen molar-refractivity contribution in [3.63, 3.8) is 0 Å². The van der Waals surface area contributed by atoms with Gasteiger partial charge in [-0.1, -0.05) is 11.6 Å². The fourth-order valence-electron chi connectivity index (χ4n) is 6.85. The molecule has 3 aromatic rings. The van der Waals surface area contributed by atoms with Gasteiger partial charge in [0.1, 0.15) is 0 Å². The molecule has 9 heteroatoms. The lowest BCUT2D eigenvalue weighted by atomic mass is 9.75. The fourth-order valence-corrected chi connectivity index (χ4v) is 8.28. The number of aryl methyl sites for hydroxylation is 1. The summed E-state index contributed by atoms with van der Waals surface area (Å²) in [5, 5.41) is 4.59. The summed E-state index contributed by atoms with van der Waals surface area (Å²) in [6.07, 6.45) is 9.26. The van der Waals surface area contributed by atoms with E-state index in [4.69, 9.17) is 21.1 Å². The van der Waals surface area contributed by atoms with Crippen LogP contribution in [0.2, 0.25) is 5.02 Å². The largest absolute Gasteiger partial charge is 0.422 e. The van der Waals surface area contributed by atoms with Crippen LogP contribution < -0.4 is 10.2 Å². The number of rotatable bonds is 4. The third kappa shape index (κ3) is 4.41. The molecule has 39 heavy (non-hydrogen) atoms. The number of benzene rings is 1. The second-order valence-electron chi connectivity index (χ2n) is 11.9. The Labute approximate surface area is 236 Å². The number of nitrogens with one attached hydrogen (secondary N) is 1. The van der Waals surface area contributed by atoms with Gasteiger partial charge in [-0.25, -0.2) is 0 Å². The van der Waals surface area contributed by atoms with E-state index in [0.29, 0.717) is 11.6 Å². The van der Waals surface area contributed by atoms with Gasteiger partial charge in [-0.3, -0.25) is 14.6 Å². The molecule has 0 amide bonds. The van der Waals surface area contributed by atoms with E-state index >= 15 is 0 Å². The van der Waals surface area contributed by atoms with E-state index in [-0.39, 0.29) is 6.42 Å². The third-order valence-corrected chi connectivity index (χ3v) is 10.2. The molecule has 5 heterocycles. The lowest BCUT2D eigenvalue weighted by molar-refractivity contribution is -0.239. The lowest BCUT2D eigenvalue weighted by Gasteiger charge is -2.41. The first-order valence-electron chi connectivity index (χ1n) is 13.9. The number of esters is 2. The molecule has 7 rings (SSSR count). The summed E-state index contributed by atoms with van der Waals surface area (Å²) >= 11 is 8.28. The first kappa shape index (κ1) is 25.3. The standard InChI is InChI=1S/C30H32ClN3O4S/c1-29(2)37-27(35)23(28(36)38-29)13-20-14-24-26(39-20)21(6-9-32-24)22-12-18(31)11-17-5-3-10-34(25(17)22)19-15-30(33-16-19)7-4-8-30/h6,9,11-12,14,19,23,33H,3-5,7-8,10,13,15-16H2,1-2H3/t19-/m0/s1. The molecule has 2 aromatic heterocycles. The second-order valence-corrected chi connectivity index (χ2v) is 13.5. The summed E-state index contributed by atoms with van der Waals surface area (Å²) in [5.41, 5.74) is 5.98. The Bertz CT molecular complexity index is 1480. The number of cyclic esters (lactones) is 2. The van der Waals surface area contributed by atoms with Crippen LogP contribution in [0.4, 0.5) is 5.69 Å². The predicted molar refractivity (Wildman–Crippen MR) is 152 cm³/mol. The molecule has 0 radical (unpaired) electrons. The van der Waals surface area contributed by atoms with Crippen LogP contribution in [0, 0.1) is 5.92 Å². The summed E-state index contributed by atoms with van der Waals surface area (Å²) in [6.45, 7) is 5.19. The van der Waals surface area contributed by atoms with Crippen molar-refractivity contribution >= 4 is 50.8 Å². The Hall–Kier alpha value is -2.68. The summed E-state index contributed by atoms with van der Waals surface area (Å²) in [7, 11) is 0. The molecule has 204 valence electrons. The first-order chi connectivity index (χ1) is 18.7. The number of carbonyl (C=O) groups excluding carboxylic acids is 2. The van der Waals surface area contributed by atoms with E-state index in [1.54, 1.807) is 25.2 Å². The minimum absolute atomic E-state index is 0.226. The maximum atomic E-state index is 12.6. The Morgan fingerprint density at radius 3 is 2.64 bits per heavy atom. The molecule has 1 N–H and O–H groups in total. The fraction of sp³-hybridized carbons (Fsp3) is 0.500. The molecule has 1 aromatic carbocycles. The number of halogens is 1. The van der Waals surface area contributed by atoms with Gasteiger partial charge in [0.25, 0.3) is 5.79 Å². The van der Waals surface area contributed by atoms with E-state index < -0.39 is 23.6 Å². The van der Waals surface area contributed by atoms with Gasteiger partial charge in [-0.2, -0.15) is 0 Å². The van der Waals surface area contributed by atoms with E-state index in [1.165, 1.54) is 36.9 Å². The molecule has 3 aliphatic heterocycles. The zero-order valence-electron chi connectivity index (χ0n) is 22.2. The van der Waals surface area contributed by atoms with Crippen LogP contribution >= 0.6 is 22.9 Å². The third-order valence-electron chi connectivity index (χ3n) is 8.80. The highest BCUT2D eigenvalue weighted by molar-refractivity contribution is 7.19. The van der Waals surface area contributed by atoms with Gasteiger partial charge in [-0.05, 0) is 68.4 Å². The zero-order valence-corrected chi connectivity index (χ0v) is 23.8. The van der Waals surface area contributed by atoms with Crippen molar-refractivity contribution in [2.24, 2.45) is 5.92 Å². The summed E-state index contributed by atoms with van der Waals surface area (Å²) in [6, 6.07) is 8.72. The smallest absolute Gasteiger partial charge is 0.323 e. The van der Waals surface area contributed by atoms with Crippen molar-refractivity contribution in [2.45, 2.75) is 76.2 Å². The Morgan fingerprint density at radius 2 is 1.92 bits per heavy atom. The molecule has 4 aliphatic rings. The molecule has 1 aliphatic carbocycles. The highest BCUT2D eigenvalue weighted by Crippen LogP contribution is 2.47. The van der Waals surface area contributed by atoms with E-state index in [0.717, 1.165) is 57.2 Å². The van der Waals surface area contributed by atoms with Gasteiger partial charge in [-0.15, -0.1) is 11.3 Å². The molecule has 0 unspecified atom stereocenters. The monoisotopic (exact) mass is 565 g/mol. The Kier molecular flexibility index (Phi) is 5.95. The van der Waals surface area contributed by atoms with Crippen LogP contribution in [-0.4, -0.2) is 47.4 Å². The van der Waals surface area contributed by atoms with Crippen LogP contribution in [-0.2, 0) is 31.9 Å². The molecule has 1 spiro atoms. The normalized spacial score (nSPS) is 24.0. The zero-order chi connectivity index (χ0) is 26.9. The highest BCUT2D eigenvalue weighted by atomic mass is 35.5. The minimum Gasteiger partial charge on any atom is -0.422 e. The number of aromatic nitrogens is 1. The topological polar surface area (TPSA) is 80.8 Å². The Morgan fingerprint density at radius 1 is 1.13 bits per heavy atom. The van der Waals surface area contributed by atoms with Crippen LogP contribution in [0.25, 0.3) is 21.3 Å². The molecule has 1 saturated carbocycles. The van der Waals surface area contributed by atoms with Crippen molar-refractivity contribution < 1.29 is 19.1 Å². The maximum Gasteiger partial charge on any atom is 0.323 e. The van der Waals surface area contributed by atoms with Crippen molar-refractivity contribution in [2.75, 3.05) is 18.0 Å². The van der Waals surface area contributed by atoms with Gasteiger partial charge < -0.3 is 19.7 Å². The molecule has 7 nitrogen and oxygen atoms in total. The predicted octanol–water partition coefficient (Wildman–Crippen LogP) is 5.65. The number of pyridine rings is 1. The number of fused-ring (bicyclic) bond motifs is 2. The van der Waals surface area contributed by atoms with Gasteiger partial charge in [0.2, 0.25) is 0 Å². The van der Waals surface area contributed by atoms with Gasteiger partial charge >= 0.3 is 11.9 Å². The van der Waals surface area contributed by atoms with Gasteiger partial charge in [0.15, 0.2) is 5.92 Å². The second kappa shape index (κ2) is 9.18. The SMILES string of the molecule is CC1(C)OC(=O)C(Cc2cc3nccc(-c4cc(Cl)cc5c4N([C@@H]4CNC6(CCC6)C4)CCC5)c3s2)C(=O)O1. The number of ether oxygens (including phenoxy) is 2. The van der Waals surface area contributed by atoms with Crippen molar-refractivity contribution in [3.8, 4) is 11.1 Å². The average molecular weight is 566 g/mol. The van der Waals surface area contributed by atoms with E-state index in [2.05, 4.69) is 33.4 Å². The molecule has 0 bridgehead atoms. The summed E-state index contributed by atoms with van der Waals surface area (Å²) in [4.78, 5) is 33.4. The highest BCUT2D eigenvalue weighted by Gasteiger charge is 2.46. The van der Waals surface area contributed by atoms with Gasteiger partial charge in [0.05, 0.1) is 10.2 Å². The number of anilines is 1. The van der Waals surface area contributed by atoms with Crippen LogP contribution in [0.15, 0.2) is 30.5 Å². The van der Waals surface area contributed by atoms with Crippen molar-refractivity contribution in [1.82, 2.24) is 10.3 Å². The van der Waals surface area contributed by atoms with E-state index in [1.807, 2.05) is 12.3 Å². The van der Waals surface area contributed by atoms with Crippen molar-refractivity contribution in [3.05, 3.63) is 45.9 Å². The number of hydrogen-bond donors (Lipinski definition) is 1. The maximum absolute atomic E-state index is 12.6. The number of hydrogen-bond acceptors (Lipinski definition) is 8. The molecule has 2 saturated heterocycles. The molecule has 1 atom stereocenters. The minimum atomic E-state index is -1.23. The molecular formula is C30H32ClN3O4S. The van der Waals surface area contributed by atoms with Crippen LogP contribution in [0.5, 0.6) is 0 Å². The first-order valence-corrected chi connectivity index (χ1v) is 15.1. The number of thiophene rings is 1. The van der Waals surface area contributed by atoms with Crippen molar-refractivity contribution in [1.29, 1.82) is 0 Å². The Balaban J connectivity index is 1.26. The molecule has 3 fully saturated rings. The van der Waals surface area contributed by atoms with Gasteiger partial charge in [0, 0.05) is 77.8 Å². The number of nitrogens with zero attached hydrogens (tertiary/aromatic N) is 2. The number of carbonyl (C=O) groups is 2.